The van der Waals surface area contributed by atoms with Crippen LogP contribution in [0.1, 0.15) is 22.5 Å². The highest BCUT2D eigenvalue weighted by Crippen LogP contribution is 2.29. The van der Waals surface area contributed by atoms with Gasteiger partial charge in [-0.1, -0.05) is 23.8 Å². The number of nitrogens with two attached hydrogens (primary N) is 1. The molecule has 2 heterocycles. The minimum atomic E-state index is 0.625. The molecule has 0 radical (unpaired) electrons. The molecule has 0 saturated heterocycles. The molecule has 2 N–H and O–H groups in total. The van der Waals surface area contributed by atoms with Crippen molar-refractivity contribution >= 4 is 5.65 Å². The average molecular weight is 279 g/mol. The zero-order chi connectivity index (χ0) is 15.0. The molecule has 3 nitrogen and oxygen atoms in total. The molecule has 0 fully saturated rings. The Bertz CT molecular complexity index is 800. The fraction of sp³-hybridized carbons (Fsp3) is 0.278. The van der Waals surface area contributed by atoms with Crippen LogP contribution in [0.5, 0.6) is 0 Å². The lowest BCUT2D eigenvalue weighted by Gasteiger charge is -2.09. The minimum absolute atomic E-state index is 0.625. The molecule has 0 aliphatic carbocycles. The van der Waals surface area contributed by atoms with Crippen LogP contribution in [-0.2, 0) is 6.42 Å². The summed E-state index contributed by atoms with van der Waals surface area (Å²) in [6, 6.07) is 12.7. The molecule has 1 aromatic carbocycles. The number of nitrogens with zero attached hydrogens (tertiary/aromatic N) is 2. The summed E-state index contributed by atoms with van der Waals surface area (Å²) in [4.78, 5) is 4.87. The predicted octanol–water partition coefficient (Wildman–Crippen LogP) is 3.43. The molecule has 0 spiro atoms. The molecule has 0 amide bonds. The summed E-state index contributed by atoms with van der Waals surface area (Å²) < 4.78 is 2.23. The summed E-state index contributed by atoms with van der Waals surface area (Å²) in [5.74, 6) is 0. The number of hydrogen-bond donors (Lipinski definition) is 1. The SMILES string of the molecule is Cc1ccc(C)c(-c2nc3cccc(C)n3c2CCN)c1. The van der Waals surface area contributed by atoms with E-state index in [0.717, 1.165) is 17.8 Å². The van der Waals surface area contributed by atoms with Crippen molar-refractivity contribution in [1.29, 1.82) is 0 Å². The Morgan fingerprint density at radius 2 is 1.90 bits per heavy atom. The van der Waals surface area contributed by atoms with Gasteiger partial charge in [0.15, 0.2) is 0 Å². The van der Waals surface area contributed by atoms with Crippen molar-refractivity contribution in [3.8, 4) is 11.3 Å². The lowest BCUT2D eigenvalue weighted by Crippen LogP contribution is -2.07. The van der Waals surface area contributed by atoms with Crippen molar-refractivity contribution in [1.82, 2.24) is 9.38 Å². The van der Waals surface area contributed by atoms with Crippen molar-refractivity contribution in [3.05, 3.63) is 58.9 Å². The van der Waals surface area contributed by atoms with Gasteiger partial charge in [-0.15, -0.1) is 0 Å². The molecule has 0 unspecified atom stereocenters. The van der Waals surface area contributed by atoms with Gasteiger partial charge < -0.3 is 10.1 Å². The van der Waals surface area contributed by atoms with Gasteiger partial charge in [0.25, 0.3) is 0 Å². The highest BCUT2D eigenvalue weighted by molar-refractivity contribution is 5.70. The van der Waals surface area contributed by atoms with E-state index in [0.29, 0.717) is 6.54 Å². The zero-order valence-corrected chi connectivity index (χ0v) is 12.9. The Morgan fingerprint density at radius 1 is 1.10 bits per heavy atom. The Hall–Kier alpha value is -2.13. The smallest absolute Gasteiger partial charge is 0.137 e. The highest BCUT2D eigenvalue weighted by atomic mass is 15.0. The third-order valence-electron chi connectivity index (χ3n) is 3.96. The number of benzene rings is 1. The molecule has 0 aliphatic heterocycles. The first kappa shape index (κ1) is 13.8. The van der Waals surface area contributed by atoms with Crippen molar-refractivity contribution in [3.63, 3.8) is 0 Å². The van der Waals surface area contributed by atoms with Crippen LogP contribution in [0.4, 0.5) is 0 Å². The normalized spacial score (nSPS) is 11.2. The molecule has 0 aliphatic rings. The topological polar surface area (TPSA) is 43.3 Å². The van der Waals surface area contributed by atoms with Crippen LogP contribution in [0.15, 0.2) is 36.4 Å². The molecule has 3 aromatic rings. The second-order valence-electron chi connectivity index (χ2n) is 5.62. The molecule has 0 atom stereocenters. The maximum Gasteiger partial charge on any atom is 0.137 e. The van der Waals surface area contributed by atoms with Gasteiger partial charge in [-0.25, -0.2) is 4.98 Å². The van der Waals surface area contributed by atoms with E-state index in [-0.39, 0.29) is 0 Å². The van der Waals surface area contributed by atoms with E-state index in [1.165, 1.54) is 28.1 Å². The molecule has 21 heavy (non-hydrogen) atoms. The van der Waals surface area contributed by atoms with Crippen LogP contribution in [0.3, 0.4) is 0 Å². The largest absolute Gasteiger partial charge is 0.330 e. The van der Waals surface area contributed by atoms with E-state index in [9.17, 15) is 0 Å². The van der Waals surface area contributed by atoms with E-state index in [1.54, 1.807) is 0 Å². The Morgan fingerprint density at radius 3 is 2.67 bits per heavy atom. The predicted molar refractivity (Wildman–Crippen MR) is 87.6 cm³/mol. The van der Waals surface area contributed by atoms with Crippen molar-refractivity contribution in [2.45, 2.75) is 27.2 Å². The van der Waals surface area contributed by atoms with Crippen LogP contribution in [-0.4, -0.2) is 15.9 Å². The van der Waals surface area contributed by atoms with E-state index < -0.39 is 0 Å². The molecular formula is C18H21N3. The van der Waals surface area contributed by atoms with Crippen LogP contribution in [0.25, 0.3) is 16.9 Å². The Balaban J connectivity index is 2.34. The number of aromatic nitrogens is 2. The first-order chi connectivity index (χ1) is 10.1. The third kappa shape index (κ3) is 2.34. The number of hydrogen-bond acceptors (Lipinski definition) is 2. The van der Waals surface area contributed by atoms with Crippen molar-refractivity contribution in [2.75, 3.05) is 6.54 Å². The molecule has 108 valence electrons. The second kappa shape index (κ2) is 5.34. The maximum absolute atomic E-state index is 5.83. The summed E-state index contributed by atoms with van der Waals surface area (Å²) in [6.07, 6.45) is 0.828. The van der Waals surface area contributed by atoms with E-state index >= 15 is 0 Å². The standard InChI is InChI=1S/C18H21N3/c1-12-7-8-13(2)15(11-12)18-16(9-10-19)21-14(3)5-4-6-17(21)20-18/h4-8,11H,9-10,19H2,1-3H3. The molecule has 0 saturated carbocycles. The average Bonchev–Trinajstić information content (AvgIpc) is 2.82. The van der Waals surface area contributed by atoms with Gasteiger partial charge in [0.2, 0.25) is 0 Å². The van der Waals surface area contributed by atoms with E-state index in [4.69, 9.17) is 10.7 Å². The summed E-state index contributed by atoms with van der Waals surface area (Å²) in [5.41, 5.74) is 14.0. The Labute approximate surface area is 125 Å². The minimum Gasteiger partial charge on any atom is -0.330 e. The van der Waals surface area contributed by atoms with Crippen LogP contribution in [0.2, 0.25) is 0 Å². The molecule has 3 heteroatoms. The highest BCUT2D eigenvalue weighted by Gasteiger charge is 2.16. The lowest BCUT2D eigenvalue weighted by molar-refractivity contribution is 0.891. The fourth-order valence-electron chi connectivity index (χ4n) is 2.90. The van der Waals surface area contributed by atoms with Crippen molar-refractivity contribution in [2.24, 2.45) is 5.73 Å². The third-order valence-corrected chi connectivity index (χ3v) is 3.96. The quantitative estimate of drug-likeness (QED) is 0.798. The van der Waals surface area contributed by atoms with Gasteiger partial charge in [0, 0.05) is 17.7 Å². The van der Waals surface area contributed by atoms with Crippen LogP contribution in [0, 0.1) is 20.8 Å². The van der Waals surface area contributed by atoms with E-state index in [1.807, 2.05) is 0 Å². The molecule has 3 rings (SSSR count). The lowest BCUT2D eigenvalue weighted by atomic mass is 10.0. The number of pyridine rings is 1. The number of aryl methyl sites for hydroxylation is 3. The van der Waals surface area contributed by atoms with Crippen molar-refractivity contribution < 1.29 is 0 Å². The van der Waals surface area contributed by atoms with Crippen LogP contribution >= 0.6 is 0 Å². The van der Waals surface area contributed by atoms with Gasteiger partial charge in [-0.3, -0.25) is 0 Å². The second-order valence-corrected chi connectivity index (χ2v) is 5.62. The first-order valence-electron chi connectivity index (χ1n) is 7.36. The molecular weight excluding hydrogens is 258 g/mol. The number of rotatable bonds is 3. The molecule has 0 bridgehead atoms. The van der Waals surface area contributed by atoms with Gasteiger partial charge in [-0.2, -0.15) is 0 Å². The van der Waals surface area contributed by atoms with Gasteiger partial charge >= 0.3 is 0 Å². The summed E-state index contributed by atoms with van der Waals surface area (Å²) >= 11 is 0. The van der Waals surface area contributed by atoms with Crippen LogP contribution < -0.4 is 5.73 Å². The van der Waals surface area contributed by atoms with Gasteiger partial charge in [0.1, 0.15) is 5.65 Å². The van der Waals surface area contributed by atoms with Gasteiger partial charge in [-0.05, 0) is 51.1 Å². The van der Waals surface area contributed by atoms with E-state index in [2.05, 4.69) is 61.6 Å². The monoisotopic (exact) mass is 279 g/mol. The maximum atomic E-state index is 5.83. The summed E-state index contributed by atoms with van der Waals surface area (Å²) in [6.45, 7) is 6.99. The zero-order valence-electron chi connectivity index (χ0n) is 12.9. The molecule has 2 aromatic heterocycles. The number of imidazole rings is 1. The fourth-order valence-corrected chi connectivity index (χ4v) is 2.90. The number of fused-ring (bicyclic) bond motifs is 1. The van der Waals surface area contributed by atoms with Gasteiger partial charge in [0.05, 0.1) is 11.4 Å². The first-order valence-corrected chi connectivity index (χ1v) is 7.36. The summed E-state index contributed by atoms with van der Waals surface area (Å²) in [5, 5.41) is 0. The summed E-state index contributed by atoms with van der Waals surface area (Å²) in [7, 11) is 0. The Kier molecular flexibility index (Phi) is 3.52.